The van der Waals surface area contributed by atoms with Gasteiger partial charge >= 0.3 is 6.18 Å². The second-order valence-electron chi connectivity index (χ2n) is 5.13. The van der Waals surface area contributed by atoms with Crippen LogP contribution in [0, 0.1) is 23.7 Å². The largest absolute Gasteiger partial charge is 0.391 e. The van der Waals surface area contributed by atoms with Crippen molar-refractivity contribution in [2.45, 2.75) is 45.2 Å². The Bertz CT molecular complexity index is 209. The number of halogens is 3. The molecule has 14 heavy (non-hydrogen) atoms. The van der Waals surface area contributed by atoms with E-state index in [-0.39, 0.29) is 0 Å². The van der Waals surface area contributed by atoms with E-state index in [1.807, 2.05) is 0 Å². The Morgan fingerprint density at radius 2 is 1.71 bits per heavy atom. The average molecular weight is 206 g/mol. The number of rotatable bonds is 0. The van der Waals surface area contributed by atoms with E-state index < -0.39 is 12.1 Å². The van der Waals surface area contributed by atoms with Gasteiger partial charge < -0.3 is 0 Å². The highest BCUT2D eigenvalue weighted by Gasteiger charge is 2.46. The second kappa shape index (κ2) is 3.42. The van der Waals surface area contributed by atoms with Gasteiger partial charge in [-0.15, -0.1) is 0 Å². The minimum Gasteiger partial charge on any atom is -0.171 e. The zero-order valence-electron chi connectivity index (χ0n) is 8.48. The monoisotopic (exact) mass is 206 g/mol. The molecule has 2 rings (SSSR count). The van der Waals surface area contributed by atoms with Gasteiger partial charge in [-0.25, -0.2) is 0 Å². The SMILES string of the molecule is CC1CCC2CC1C[C@@H](C(F)(F)F)C2. The van der Waals surface area contributed by atoms with Gasteiger partial charge in [0.1, 0.15) is 0 Å². The predicted octanol–water partition coefficient (Wildman–Crippen LogP) is 4.01. The molecule has 0 amide bonds. The zero-order chi connectivity index (χ0) is 10.3. The maximum absolute atomic E-state index is 12.6. The average Bonchev–Trinajstić information content (AvgIpc) is 2.10. The fraction of sp³-hybridized carbons (Fsp3) is 1.00. The van der Waals surface area contributed by atoms with Crippen LogP contribution in [0.1, 0.15) is 39.0 Å². The summed E-state index contributed by atoms with van der Waals surface area (Å²) >= 11 is 0. The van der Waals surface area contributed by atoms with Gasteiger partial charge in [0.15, 0.2) is 0 Å². The zero-order valence-corrected chi connectivity index (χ0v) is 8.48. The van der Waals surface area contributed by atoms with Gasteiger partial charge in [0.05, 0.1) is 5.92 Å². The summed E-state index contributed by atoms with van der Waals surface area (Å²) in [6.07, 6.45) is 0.0414. The minimum absolute atomic E-state index is 0.342. The van der Waals surface area contributed by atoms with Gasteiger partial charge in [-0.2, -0.15) is 13.2 Å². The van der Waals surface area contributed by atoms with Gasteiger partial charge in [-0.1, -0.05) is 19.8 Å². The molecule has 0 nitrogen and oxygen atoms in total. The first-order valence-electron chi connectivity index (χ1n) is 5.53. The Balaban J connectivity index is 2.05. The quantitative estimate of drug-likeness (QED) is 0.561. The highest BCUT2D eigenvalue weighted by atomic mass is 19.4. The van der Waals surface area contributed by atoms with Gasteiger partial charge in [-0.3, -0.25) is 0 Å². The van der Waals surface area contributed by atoms with Gasteiger partial charge in [0.25, 0.3) is 0 Å². The Kier molecular flexibility index (Phi) is 2.52. The number of fused-ring (bicyclic) bond motifs is 2. The third kappa shape index (κ3) is 1.91. The molecular weight excluding hydrogens is 189 g/mol. The molecular formula is C11H17F3. The van der Waals surface area contributed by atoms with Crippen molar-refractivity contribution in [3.8, 4) is 0 Å². The molecule has 4 atom stereocenters. The van der Waals surface area contributed by atoms with Crippen LogP contribution in [-0.2, 0) is 0 Å². The van der Waals surface area contributed by atoms with Crippen LogP contribution in [0.2, 0.25) is 0 Å². The van der Waals surface area contributed by atoms with Crippen LogP contribution >= 0.6 is 0 Å². The molecule has 82 valence electrons. The van der Waals surface area contributed by atoms with Gasteiger partial charge in [-0.05, 0) is 37.0 Å². The molecule has 0 aromatic rings. The van der Waals surface area contributed by atoms with Crippen molar-refractivity contribution in [1.82, 2.24) is 0 Å². The van der Waals surface area contributed by atoms with Crippen LogP contribution in [-0.4, -0.2) is 6.18 Å². The fourth-order valence-corrected chi connectivity index (χ4v) is 3.19. The summed E-state index contributed by atoms with van der Waals surface area (Å²) in [5.74, 6) is 0.205. The van der Waals surface area contributed by atoms with Crippen molar-refractivity contribution in [1.29, 1.82) is 0 Å². The summed E-state index contributed by atoms with van der Waals surface area (Å²) < 4.78 is 37.7. The summed E-state index contributed by atoms with van der Waals surface area (Å²) in [6, 6.07) is 0. The van der Waals surface area contributed by atoms with Gasteiger partial charge in [0.2, 0.25) is 0 Å². The van der Waals surface area contributed by atoms with Crippen molar-refractivity contribution in [3.05, 3.63) is 0 Å². The van der Waals surface area contributed by atoms with E-state index in [2.05, 4.69) is 6.92 Å². The van der Waals surface area contributed by atoms with E-state index >= 15 is 0 Å². The molecule has 0 spiro atoms. The van der Waals surface area contributed by atoms with Crippen LogP contribution in [0.25, 0.3) is 0 Å². The van der Waals surface area contributed by atoms with Crippen molar-refractivity contribution in [3.63, 3.8) is 0 Å². The molecule has 0 aliphatic heterocycles. The lowest BCUT2D eigenvalue weighted by Crippen LogP contribution is -2.37. The summed E-state index contributed by atoms with van der Waals surface area (Å²) in [4.78, 5) is 0. The fourth-order valence-electron chi connectivity index (χ4n) is 3.19. The van der Waals surface area contributed by atoms with Crippen LogP contribution in [0.15, 0.2) is 0 Å². The highest BCUT2D eigenvalue weighted by molar-refractivity contribution is 4.88. The van der Waals surface area contributed by atoms with E-state index in [1.54, 1.807) is 0 Å². The summed E-state index contributed by atoms with van der Waals surface area (Å²) in [5.41, 5.74) is 0. The topological polar surface area (TPSA) is 0 Å². The normalized spacial score (nSPS) is 43.7. The first-order chi connectivity index (χ1) is 6.47. The molecule has 0 radical (unpaired) electrons. The van der Waals surface area contributed by atoms with Crippen molar-refractivity contribution in [2.24, 2.45) is 23.7 Å². The van der Waals surface area contributed by atoms with E-state index in [1.165, 1.54) is 0 Å². The molecule has 2 saturated carbocycles. The molecule has 2 fully saturated rings. The molecule has 0 saturated heterocycles. The third-order valence-electron chi connectivity index (χ3n) is 4.14. The summed E-state index contributed by atoms with van der Waals surface area (Å²) in [7, 11) is 0. The molecule has 3 heteroatoms. The second-order valence-corrected chi connectivity index (χ2v) is 5.13. The lowest BCUT2D eigenvalue weighted by Gasteiger charge is -2.43. The lowest BCUT2D eigenvalue weighted by molar-refractivity contribution is -0.195. The van der Waals surface area contributed by atoms with Crippen LogP contribution in [0.5, 0.6) is 0 Å². The highest BCUT2D eigenvalue weighted by Crippen LogP contribution is 2.49. The maximum atomic E-state index is 12.6. The van der Waals surface area contributed by atoms with Crippen LogP contribution in [0.3, 0.4) is 0 Å². The molecule has 2 bridgehead atoms. The predicted molar refractivity (Wildman–Crippen MR) is 48.8 cm³/mol. The summed E-state index contributed by atoms with van der Waals surface area (Å²) in [6.45, 7) is 2.11. The van der Waals surface area contributed by atoms with Crippen LogP contribution in [0.4, 0.5) is 13.2 Å². The molecule has 2 aliphatic carbocycles. The number of hydrogen-bond acceptors (Lipinski definition) is 0. The standard InChI is InChI=1S/C11H17F3/c1-7-2-3-8-4-9(7)6-10(5-8)11(12,13)14/h7-10H,2-6H2,1H3/t7?,8?,9?,10-/m0/s1. The van der Waals surface area contributed by atoms with E-state index in [0.717, 1.165) is 19.3 Å². The first-order valence-corrected chi connectivity index (χ1v) is 5.53. The minimum atomic E-state index is -3.95. The lowest BCUT2D eigenvalue weighted by atomic mass is 9.64. The number of alkyl halides is 3. The molecule has 0 aromatic carbocycles. The Morgan fingerprint density at radius 3 is 2.36 bits per heavy atom. The van der Waals surface area contributed by atoms with Gasteiger partial charge in [0, 0.05) is 0 Å². The van der Waals surface area contributed by atoms with E-state index in [9.17, 15) is 13.2 Å². The van der Waals surface area contributed by atoms with Crippen molar-refractivity contribution >= 4 is 0 Å². The summed E-state index contributed by atoms with van der Waals surface area (Å²) in [5, 5.41) is 0. The third-order valence-corrected chi connectivity index (χ3v) is 4.14. The molecule has 0 heterocycles. The van der Waals surface area contributed by atoms with Crippen LogP contribution < -0.4 is 0 Å². The smallest absolute Gasteiger partial charge is 0.171 e. The Morgan fingerprint density at radius 1 is 1.00 bits per heavy atom. The van der Waals surface area contributed by atoms with Crippen molar-refractivity contribution in [2.75, 3.05) is 0 Å². The molecule has 0 aromatic heterocycles. The Labute approximate surface area is 82.9 Å². The molecule has 0 N–H and O–H groups in total. The van der Waals surface area contributed by atoms with E-state index in [0.29, 0.717) is 30.6 Å². The number of hydrogen-bond donors (Lipinski definition) is 0. The van der Waals surface area contributed by atoms with Crippen molar-refractivity contribution < 1.29 is 13.2 Å². The molecule has 3 unspecified atom stereocenters. The molecule has 2 aliphatic rings. The van der Waals surface area contributed by atoms with E-state index in [4.69, 9.17) is 0 Å². The Hall–Kier alpha value is -0.210. The first kappa shape index (κ1) is 10.3. The maximum Gasteiger partial charge on any atom is 0.391 e.